The van der Waals surface area contributed by atoms with Crippen LogP contribution in [0.25, 0.3) is 0 Å². The average molecular weight is 146 g/mol. The van der Waals surface area contributed by atoms with Gasteiger partial charge in [-0.3, -0.25) is 4.79 Å². The van der Waals surface area contributed by atoms with E-state index in [0.717, 1.165) is 0 Å². The van der Waals surface area contributed by atoms with Gasteiger partial charge in [0.1, 0.15) is 0 Å². The number of rotatable bonds is 2. The molecule has 3 nitrogen and oxygen atoms in total. The Morgan fingerprint density at radius 2 is 2.00 bits per heavy atom. The van der Waals surface area contributed by atoms with Crippen LogP contribution < -0.4 is 0 Å². The van der Waals surface area contributed by atoms with E-state index in [2.05, 4.69) is 4.74 Å². The van der Waals surface area contributed by atoms with Crippen molar-refractivity contribution in [3.8, 4) is 0 Å². The van der Waals surface area contributed by atoms with E-state index in [1.807, 2.05) is 0 Å². The topological polar surface area (TPSA) is 46.5 Å². The van der Waals surface area contributed by atoms with Crippen LogP contribution in [0.3, 0.4) is 0 Å². The minimum atomic E-state index is -0.993. The molecule has 10 heavy (non-hydrogen) atoms. The monoisotopic (exact) mass is 146 g/mol. The number of hydrogen-bond donors (Lipinski definition) is 1. The van der Waals surface area contributed by atoms with Crippen molar-refractivity contribution in [2.45, 2.75) is 26.4 Å². The second-order valence-corrected chi connectivity index (χ2v) is 2.90. The van der Waals surface area contributed by atoms with Gasteiger partial charge in [0.15, 0.2) is 0 Å². The molecule has 0 heterocycles. The first kappa shape index (κ1) is 9.43. The molecule has 1 N–H and O–H groups in total. The Balaban J connectivity index is 4.08. The molecule has 60 valence electrons. The van der Waals surface area contributed by atoms with Crippen LogP contribution in [0.4, 0.5) is 0 Å². The lowest BCUT2D eigenvalue weighted by Gasteiger charge is -2.22. The molecule has 0 aliphatic heterocycles. The quantitative estimate of drug-likeness (QED) is 0.579. The highest BCUT2D eigenvalue weighted by atomic mass is 16.5. The molecule has 0 saturated carbocycles. The minimum absolute atomic E-state index is 0.382. The summed E-state index contributed by atoms with van der Waals surface area (Å²) in [6.45, 7) is 4.79. The zero-order chi connectivity index (χ0) is 8.36. The van der Waals surface area contributed by atoms with Crippen molar-refractivity contribution in [3.05, 3.63) is 0 Å². The van der Waals surface area contributed by atoms with Crippen molar-refractivity contribution < 1.29 is 14.6 Å². The molecule has 0 amide bonds. The van der Waals surface area contributed by atoms with Gasteiger partial charge >= 0.3 is 5.97 Å². The van der Waals surface area contributed by atoms with Crippen molar-refractivity contribution >= 4 is 5.97 Å². The second kappa shape index (κ2) is 3.01. The molecular weight excluding hydrogens is 132 g/mol. The van der Waals surface area contributed by atoms with Crippen LogP contribution in [0.5, 0.6) is 0 Å². The van der Waals surface area contributed by atoms with Crippen molar-refractivity contribution in [2.24, 2.45) is 5.92 Å². The van der Waals surface area contributed by atoms with E-state index in [1.54, 1.807) is 20.8 Å². The molecule has 0 radical (unpaired) electrons. The molecular formula is C7H14O3. The Bertz CT molecular complexity index is 123. The van der Waals surface area contributed by atoms with Crippen molar-refractivity contribution in [1.29, 1.82) is 0 Å². The molecule has 1 atom stereocenters. The van der Waals surface area contributed by atoms with Gasteiger partial charge in [0.2, 0.25) is 0 Å². The predicted octanol–water partition coefficient (Wildman–Crippen LogP) is 0.566. The third kappa shape index (κ3) is 2.35. The standard InChI is InChI=1S/C7H14O3/c1-5(6(8)10-4)7(2,3)9/h5,9H,1-4H3. The van der Waals surface area contributed by atoms with Crippen LogP contribution in [-0.2, 0) is 9.53 Å². The van der Waals surface area contributed by atoms with Crippen LogP contribution in [0.15, 0.2) is 0 Å². The van der Waals surface area contributed by atoms with Gasteiger partial charge in [-0.25, -0.2) is 0 Å². The van der Waals surface area contributed by atoms with E-state index in [-0.39, 0.29) is 5.97 Å². The molecule has 0 fully saturated rings. The number of methoxy groups -OCH3 is 1. The lowest BCUT2D eigenvalue weighted by molar-refractivity contribution is -0.152. The number of esters is 1. The smallest absolute Gasteiger partial charge is 0.311 e. The van der Waals surface area contributed by atoms with Gasteiger partial charge in [-0.15, -0.1) is 0 Å². The van der Waals surface area contributed by atoms with Crippen LogP contribution in [-0.4, -0.2) is 23.8 Å². The van der Waals surface area contributed by atoms with Gasteiger partial charge in [-0.05, 0) is 20.8 Å². The number of hydrogen-bond acceptors (Lipinski definition) is 3. The van der Waals surface area contributed by atoms with E-state index in [0.29, 0.717) is 0 Å². The fraction of sp³-hybridized carbons (Fsp3) is 0.857. The van der Waals surface area contributed by atoms with E-state index in [4.69, 9.17) is 0 Å². The molecule has 3 heteroatoms. The molecule has 0 saturated heterocycles. The summed E-state index contributed by atoms with van der Waals surface area (Å²) in [5, 5.41) is 9.29. The molecule has 0 bridgehead atoms. The third-order valence-electron chi connectivity index (χ3n) is 1.61. The Kier molecular flexibility index (Phi) is 2.84. The average Bonchev–Trinajstić information content (AvgIpc) is 1.83. The lowest BCUT2D eigenvalue weighted by Crippen LogP contribution is -2.35. The van der Waals surface area contributed by atoms with Crippen molar-refractivity contribution in [3.63, 3.8) is 0 Å². The second-order valence-electron chi connectivity index (χ2n) is 2.90. The first-order valence-electron chi connectivity index (χ1n) is 3.19. The maximum Gasteiger partial charge on any atom is 0.311 e. The maximum atomic E-state index is 10.8. The summed E-state index contributed by atoms with van der Waals surface area (Å²) in [5.74, 6) is -0.856. The van der Waals surface area contributed by atoms with E-state index >= 15 is 0 Å². The molecule has 0 spiro atoms. The van der Waals surface area contributed by atoms with E-state index in [9.17, 15) is 9.90 Å². The zero-order valence-corrected chi connectivity index (χ0v) is 6.84. The summed E-state index contributed by atoms with van der Waals surface area (Å²) < 4.78 is 4.44. The summed E-state index contributed by atoms with van der Waals surface area (Å²) in [7, 11) is 1.31. The Morgan fingerprint density at radius 3 is 2.10 bits per heavy atom. The summed E-state index contributed by atoms with van der Waals surface area (Å²) in [6.07, 6.45) is 0. The highest BCUT2D eigenvalue weighted by molar-refractivity contribution is 5.73. The summed E-state index contributed by atoms with van der Waals surface area (Å²) in [4.78, 5) is 10.8. The first-order chi connectivity index (χ1) is 4.39. The molecule has 1 unspecified atom stereocenters. The highest BCUT2D eigenvalue weighted by Crippen LogP contribution is 2.16. The van der Waals surface area contributed by atoms with Crippen molar-refractivity contribution in [1.82, 2.24) is 0 Å². The Labute approximate surface area is 61.0 Å². The predicted molar refractivity (Wildman–Crippen MR) is 37.5 cm³/mol. The number of carbonyl (C=O) groups is 1. The highest BCUT2D eigenvalue weighted by Gasteiger charge is 2.29. The van der Waals surface area contributed by atoms with Gasteiger partial charge in [-0.2, -0.15) is 0 Å². The maximum absolute atomic E-state index is 10.8. The third-order valence-corrected chi connectivity index (χ3v) is 1.61. The summed E-state index contributed by atoms with van der Waals surface area (Å²) >= 11 is 0. The van der Waals surface area contributed by atoms with Gasteiger partial charge in [0.25, 0.3) is 0 Å². The fourth-order valence-corrected chi connectivity index (χ4v) is 0.465. The Hall–Kier alpha value is -0.570. The lowest BCUT2D eigenvalue weighted by atomic mass is 9.93. The SMILES string of the molecule is COC(=O)C(C)C(C)(C)O. The van der Waals surface area contributed by atoms with Gasteiger partial charge < -0.3 is 9.84 Å². The number of carbonyl (C=O) groups excluding carboxylic acids is 1. The van der Waals surface area contributed by atoms with E-state index < -0.39 is 11.5 Å². The van der Waals surface area contributed by atoms with E-state index in [1.165, 1.54) is 7.11 Å². The number of aliphatic hydroxyl groups is 1. The molecule has 0 aromatic heterocycles. The fourth-order valence-electron chi connectivity index (χ4n) is 0.465. The van der Waals surface area contributed by atoms with Gasteiger partial charge in [0, 0.05) is 0 Å². The van der Waals surface area contributed by atoms with Gasteiger partial charge in [0.05, 0.1) is 18.6 Å². The van der Waals surface area contributed by atoms with Crippen LogP contribution in [0, 0.1) is 5.92 Å². The molecule has 0 aromatic carbocycles. The van der Waals surface area contributed by atoms with Gasteiger partial charge in [-0.1, -0.05) is 0 Å². The number of ether oxygens (including phenoxy) is 1. The van der Waals surface area contributed by atoms with Crippen LogP contribution in [0.1, 0.15) is 20.8 Å². The summed E-state index contributed by atoms with van der Waals surface area (Å²) in [5.41, 5.74) is -0.993. The zero-order valence-electron chi connectivity index (χ0n) is 6.84. The largest absolute Gasteiger partial charge is 0.469 e. The molecule has 0 aliphatic carbocycles. The Morgan fingerprint density at radius 1 is 1.60 bits per heavy atom. The first-order valence-corrected chi connectivity index (χ1v) is 3.19. The molecule has 0 rings (SSSR count). The normalized spacial score (nSPS) is 14.5. The molecule has 0 aromatic rings. The van der Waals surface area contributed by atoms with Crippen LogP contribution >= 0.6 is 0 Å². The summed E-state index contributed by atoms with van der Waals surface area (Å²) in [6, 6.07) is 0. The van der Waals surface area contributed by atoms with Crippen molar-refractivity contribution in [2.75, 3.05) is 7.11 Å². The van der Waals surface area contributed by atoms with Crippen LogP contribution in [0.2, 0.25) is 0 Å². The minimum Gasteiger partial charge on any atom is -0.469 e. The molecule has 0 aliphatic rings.